The molecule has 0 bridgehead atoms. The summed E-state index contributed by atoms with van der Waals surface area (Å²) in [7, 11) is 5.51. The lowest BCUT2D eigenvalue weighted by atomic mass is 9.96. The first-order chi connectivity index (χ1) is 10.0. The first-order valence-electron chi connectivity index (χ1n) is 7.24. The summed E-state index contributed by atoms with van der Waals surface area (Å²) in [5.74, 6) is 0.986. The van der Waals surface area contributed by atoms with Crippen molar-refractivity contribution in [3.8, 4) is 0 Å². The number of piperidine rings is 1. The quantitative estimate of drug-likeness (QED) is 0.842. The van der Waals surface area contributed by atoms with Crippen molar-refractivity contribution in [2.45, 2.75) is 12.8 Å². The summed E-state index contributed by atoms with van der Waals surface area (Å²) in [6.45, 7) is 3.22. The second kappa shape index (κ2) is 6.76. The number of nitrogens with two attached hydrogens (primary N) is 1. The van der Waals surface area contributed by atoms with E-state index in [1.807, 2.05) is 7.05 Å². The van der Waals surface area contributed by atoms with Crippen LogP contribution in [0, 0.1) is 5.92 Å². The third-order valence-electron chi connectivity index (χ3n) is 4.09. The average Bonchev–Trinajstić information content (AvgIpc) is 2.49. The number of aromatic nitrogens is 1. The normalized spacial score (nSPS) is 16.7. The zero-order valence-corrected chi connectivity index (χ0v) is 13.0. The van der Waals surface area contributed by atoms with E-state index in [0.717, 1.165) is 25.5 Å². The van der Waals surface area contributed by atoms with Crippen LogP contribution in [0.25, 0.3) is 0 Å². The van der Waals surface area contributed by atoms with Gasteiger partial charge in [-0.3, -0.25) is 0 Å². The lowest BCUT2D eigenvalue weighted by Crippen LogP contribution is -2.36. The Morgan fingerprint density at radius 3 is 2.81 bits per heavy atom. The summed E-state index contributed by atoms with van der Waals surface area (Å²) in [6, 6.07) is 1.70. The van der Waals surface area contributed by atoms with Gasteiger partial charge in [-0.2, -0.15) is 0 Å². The Labute approximate surface area is 125 Å². The highest BCUT2D eigenvalue weighted by atomic mass is 16.5. The number of esters is 1. The fraction of sp³-hybridized carbons (Fsp3) is 0.600. The standard InChI is InChI=1S/C15H24N4O2/c1-18-6-4-11(5-7-18)10-19(2)14-8-12(15(20)21-3)13(16)9-17-14/h8-9,11H,4-7,10,16H2,1-3H3. The molecule has 1 aliphatic heterocycles. The smallest absolute Gasteiger partial charge is 0.340 e. The third kappa shape index (κ3) is 3.85. The Kier molecular flexibility index (Phi) is 5.01. The van der Waals surface area contributed by atoms with Gasteiger partial charge < -0.3 is 20.3 Å². The molecular formula is C15H24N4O2. The number of pyridine rings is 1. The molecule has 2 heterocycles. The Morgan fingerprint density at radius 1 is 1.52 bits per heavy atom. The molecule has 1 saturated heterocycles. The van der Waals surface area contributed by atoms with E-state index < -0.39 is 5.97 Å². The van der Waals surface area contributed by atoms with Crippen LogP contribution in [0.15, 0.2) is 12.3 Å². The minimum absolute atomic E-state index is 0.346. The second-order valence-electron chi connectivity index (χ2n) is 5.75. The maximum Gasteiger partial charge on any atom is 0.340 e. The molecule has 6 nitrogen and oxygen atoms in total. The molecule has 0 unspecified atom stereocenters. The number of likely N-dealkylation sites (tertiary alicyclic amines) is 1. The van der Waals surface area contributed by atoms with Crippen molar-refractivity contribution in [1.29, 1.82) is 0 Å². The van der Waals surface area contributed by atoms with Crippen molar-refractivity contribution < 1.29 is 9.53 Å². The summed E-state index contributed by atoms with van der Waals surface area (Å²) < 4.78 is 4.74. The molecule has 1 aliphatic rings. The SMILES string of the molecule is COC(=O)c1cc(N(C)CC2CCN(C)CC2)ncc1N. The van der Waals surface area contributed by atoms with Gasteiger partial charge >= 0.3 is 5.97 Å². The largest absolute Gasteiger partial charge is 0.465 e. The highest BCUT2D eigenvalue weighted by Gasteiger charge is 2.20. The van der Waals surface area contributed by atoms with Crippen LogP contribution in [0.1, 0.15) is 23.2 Å². The lowest BCUT2D eigenvalue weighted by molar-refractivity contribution is 0.0602. The van der Waals surface area contributed by atoms with E-state index in [-0.39, 0.29) is 0 Å². The first-order valence-corrected chi connectivity index (χ1v) is 7.24. The Bertz CT molecular complexity index is 498. The van der Waals surface area contributed by atoms with Crippen molar-refractivity contribution in [1.82, 2.24) is 9.88 Å². The van der Waals surface area contributed by atoms with Gasteiger partial charge in [0, 0.05) is 13.6 Å². The van der Waals surface area contributed by atoms with Gasteiger partial charge in [0.2, 0.25) is 0 Å². The summed E-state index contributed by atoms with van der Waals surface area (Å²) >= 11 is 0. The zero-order chi connectivity index (χ0) is 15.4. The van der Waals surface area contributed by atoms with Crippen LogP contribution in [0.2, 0.25) is 0 Å². The first kappa shape index (κ1) is 15.6. The fourth-order valence-corrected chi connectivity index (χ4v) is 2.68. The summed E-state index contributed by atoms with van der Waals surface area (Å²) in [5, 5.41) is 0. The summed E-state index contributed by atoms with van der Waals surface area (Å²) in [6.07, 6.45) is 3.91. The van der Waals surface area contributed by atoms with Crippen molar-refractivity contribution in [2.75, 3.05) is 51.5 Å². The van der Waals surface area contributed by atoms with Gasteiger partial charge in [-0.1, -0.05) is 0 Å². The average molecular weight is 292 g/mol. The minimum atomic E-state index is -0.427. The molecule has 2 N–H and O–H groups in total. The van der Waals surface area contributed by atoms with Gasteiger partial charge in [0.1, 0.15) is 5.82 Å². The van der Waals surface area contributed by atoms with E-state index in [1.165, 1.54) is 26.1 Å². The van der Waals surface area contributed by atoms with Gasteiger partial charge in [-0.05, 0) is 45.0 Å². The van der Waals surface area contributed by atoms with Crippen molar-refractivity contribution in [3.05, 3.63) is 17.8 Å². The van der Waals surface area contributed by atoms with Crippen LogP contribution >= 0.6 is 0 Å². The molecular weight excluding hydrogens is 268 g/mol. The van der Waals surface area contributed by atoms with Crippen LogP contribution < -0.4 is 10.6 Å². The maximum atomic E-state index is 11.7. The number of hydrogen-bond acceptors (Lipinski definition) is 6. The number of carbonyl (C=O) groups excluding carboxylic acids is 1. The van der Waals surface area contributed by atoms with Crippen molar-refractivity contribution in [3.63, 3.8) is 0 Å². The number of nitrogen functional groups attached to an aromatic ring is 1. The van der Waals surface area contributed by atoms with Gasteiger partial charge in [0.05, 0.1) is 24.6 Å². The van der Waals surface area contributed by atoms with Crippen LogP contribution in [0.5, 0.6) is 0 Å². The topological polar surface area (TPSA) is 71.7 Å². The predicted molar refractivity (Wildman–Crippen MR) is 83.5 cm³/mol. The molecule has 1 fully saturated rings. The van der Waals surface area contributed by atoms with E-state index in [0.29, 0.717) is 17.2 Å². The van der Waals surface area contributed by atoms with Crippen LogP contribution in [-0.2, 0) is 4.74 Å². The highest BCUT2D eigenvalue weighted by Crippen LogP contribution is 2.22. The van der Waals surface area contributed by atoms with E-state index >= 15 is 0 Å². The van der Waals surface area contributed by atoms with Gasteiger partial charge in [-0.25, -0.2) is 9.78 Å². The zero-order valence-electron chi connectivity index (χ0n) is 13.0. The molecule has 0 atom stereocenters. The summed E-state index contributed by atoms with van der Waals surface area (Å²) in [4.78, 5) is 20.4. The van der Waals surface area contributed by atoms with Crippen LogP contribution in [0.4, 0.5) is 11.5 Å². The van der Waals surface area contributed by atoms with Gasteiger partial charge in [0.15, 0.2) is 0 Å². The second-order valence-corrected chi connectivity index (χ2v) is 5.75. The molecule has 0 radical (unpaired) electrons. The molecule has 1 aromatic heterocycles. The molecule has 21 heavy (non-hydrogen) atoms. The summed E-state index contributed by atoms with van der Waals surface area (Å²) in [5.41, 5.74) is 6.50. The van der Waals surface area contributed by atoms with E-state index in [2.05, 4.69) is 21.8 Å². The Morgan fingerprint density at radius 2 is 2.19 bits per heavy atom. The number of methoxy groups -OCH3 is 1. The van der Waals surface area contributed by atoms with Crippen LogP contribution in [-0.4, -0.2) is 56.7 Å². The number of hydrogen-bond donors (Lipinski definition) is 1. The third-order valence-corrected chi connectivity index (χ3v) is 4.09. The Balaban J connectivity index is 2.05. The number of ether oxygens (including phenoxy) is 1. The van der Waals surface area contributed by atoms with Crippen molar-refractivity contribution in [2.24, 2.45) is 5.92 Å². The maximum absolute atomic E-state index is 11.7. The number of carbonyl (C=O) groups is 1. The van der Waals surface area contributed by atoms with Gasteiger partial charge in [-0.15, -0.1) is 0 Å². The fourth-order valence-electron chi connectivity index (χ4n) is 2.68. The van der Waals surface area contributed by atoms with Crippen LogP contribution in [0.3, 0.4) is 0 Å². The molecule has 0 saturated carbocycles. The van der Waals surface area contributed by atoms with Gasteiger partial charge in [0.25, 0.3) is 0 Å². The number of rotatable bonds is 4. The number of anilines is 2. The monoisotopic (exact) mass is 292 g/mol. The van der Waals surface area contributed by atoms with E-state index in [4.69, 9.17) is 10.5 Å². The molecule has 0 aromatic carbocycles. The minimum Gasteiger partial charge on any atom is -0.465 e. The Hall–Kier alpha value is -1.82. The van der Waals surface area contributed by atoms with E-state index in [1.54, 1.807) is 6.07 Å². The van der Waals surface area contributed by atoms with E-state index in [9.17, 15) is 4.79 Å². The molecule has 0 spiro atoms. The number of nitrogens with zero attached hydrogens (tertiary/aromatic N) is 3. The molecule has 0 aliphatic carbocycles. The van der Waals surface area contributed by atoms with Crippen molar-refractivity contribution >= 4 is 17.5 Å². The lowest BCUT2D eigenvalue weighted by Gasteiger charge is -2.32. The molecule has 6 heteroatoms. The predicted octanol–water partition coefficient (Wildman–Crippen LogP) is 1.23. The molecule has 0 amide bonds. The highest BCUT2D eigenvalue weighted by molar-refractivity contribution is 5.95. The molecule has 1 aromatic rings. The molecule has 2 rings (SSSR count). The molecule has 116 valence electrons.